The van der Waals surface area contributed by atoms with Crippen molar-refractivity contribution in [3.05, 3.63) is 59.7 Å². The molecule has 1 fully saturated rings. The predicted molar refractivity (Wildman–Crippen MR) is 89.3 cm³/mol. The van der Waals surface area contributed by atoms with Crippen LogP contribution in [0.15, 0.2) is 52.8 Å². The predicted octanol–water partition coefficient (Wildman–Crippen LogP) is 5.00. The van der Waals surface area contributed by atoms with Crippen LogP contribution in [0.2, 0.25) is 0 Å². The van der Waals surface area contributed by atoms with Gasteiger partial charge in [-0.25, -0.2) is 0 Å². The maximum Gasteiger partial charge on any atom is 0.416 e. The lowest BCUT2D eigenvalue weighted by atomic mass is 10.1. The van der Waals surface area contributed by atoms with E-state index in [9.17, 15) is 13.2 Å². The van der Waals surface area contributed by atoms with E-state index in [-0.39, 0.29) is 12.1 Å². The van der Waals surface area contributed by atoms with Crippen molar-refractivity contribution in [3.63, 3.8) is 0 Å². The molecule has 1 aromatic heterocycles. The van der Waals surface area contributed by atoms with Crippen LogP contribution in [-0.4, -0.2) is 11.1 Å². The molecular formula is C19H19F3N2O2. The number of hydroxylamine groups is 2. The van der Waals surface area contributed by atoms with Crippen molar-refractivity contribution < 1.29 is 22.4 Å². The lowest BCUT2D eigenvalue weighted by Crippen LogP contribution is -2.32. The number of hydrogen-bond acceptors (Lipinski definition) is 4. The maximum atomic E-state index is 12.9. The van der Waals surface area contributed by atoms with Gasteiger partial charge in [-0.05, 0) is 37.1 Å². The van der Waals surface area contributed by atoms with Crippen molar-refractivity contribution in [3.8, 4) is 11.3 Å². The number of nitrogens with two attached hydrogens (primary N) is 1. The van der Waals surface area contributed by atoms with E-state index in [1.807, 2.05) is 5.06 Å². The molecule has 4 nitrogen and oxygen atoms in total. The lowest BCUT2D eigenvalue weighted by Gasteiger charge is -2.27. The summed E-state index contributed by atoms with van der Waals surface area (Å²) >= 11 is 0. The zero-order valence-corrected chi connectivity index (χ0v) is 14.0. The standard InChI is InChI=1S/C19H19F3N2O2/c20-19(21,22)13-5-3-4-12(10-13)16-8-9-17(25-16)15-11-18(23)26-24(15)14-6-1-2-7-14/h3-5,8-11,14-15H,1-2,6-7,23H2. The summed E-state index contributed by atoms with van der Waals surface area (Å²) in [6.45, 7) is 0. The normalized spacial score (nSPS) is 21.8. The van der Waals surface area contributed by atoms with E-state index >= 15 is 0 Å². The van der Waals surface area contributed by atoms with Gasteiger partial charge in [-0.2, -0.15) is 13.2 Å². The molecule has 138 valence electrons. The van der Waals surface area contributed by atoms with Gasteiger partial charge in [-0.15, -0.1) is 5.06 Å². The second-order valence-corrected chi connectivity index (χ2v) is 6.68. The van der Waals surface area contributed by atoms with Gasteiger partial charge >= 0.3 is 6.18 Å². The minimum atomic E-state index is -4.39. The van der Waals surface area contributed by atoms with Crippen molar-refractivity contribution in [2.75, 3.05) is 0 Å². The molecule has 26 heavy (non-hydrogen) atoms. The van der Waals surface area contributed by atoms with E-state index in [1.165, 1.54) is 6.07 Å². The van der Waals surface area contributed by atoms with Crippen LogP contribution in [-0.2, 0) is 11.0 Å². The fraction of sp³-hybridized carbons (Fsp3) is 0.368. The summed E-state index contributed by atoms with van der Waals surface area (Å²) in [5.74, 6) is 1.31. The van der Waals surface area contributed by atoms with E-state index in [0.717, 1.165) is 37.8 Å². The summed E-state index contributed by atoms with van der Waals surface area (Å²) in [4.78, 5) is 5.65. The Morgan fingerprint density at radius 3 is 2.58 bits per heavy atom. The zero-order chi connectivity index (χ0) is 18.3. The van der Waals surface area contributed by atoms with Crippen molar-refractivity contribution >= 4 is 0 Å². The topological polar surface area (TPSA) is 51.6 Å². The van der Waals surface area contributed by atoms with Gasteiger partial charge in [-0.1, -0.05) is 25.0 Å². The van der Waals surface area contributed by atoms with Gasteiger partial charge in [0, 0.05) is 17.7 Å². The summed E-state index contributed by atoms with van der Waals surface area (Å²) in [6.07, 6.45) is 1.72. The van der Waals surface area contributed by atoms with Crippen LogP contribution in [0.25, 0.3) is 11.3 Å². The van der Waals surface area contributed by atoms with Crippen LogP contribution in [0.1, 0.15) is 43.0 Å². The summed E-state index contributed by atoms with van der Waals surface area (Å²) in [6, 6.07) is 8.55. The number of nitrogens with zero attached hydrogens (tertiary/aromatic N) is 1. The van der Waals surface area contributed by atoms with Gasteiger partial charge in [0.15, 0.2) is 0 Å². The van der Waals surface area contributed by atoms with E-state index in [2.05, 4.69) is 0 Å². The molecule has 7 heteroatoms. The fourth-order valence-corrected chi connectivity index (χ4v) is 3.62. The van der Waals surface area contributed by atoms with Crippen molar-refractivity contribution in [2.24, 2.45) is 5.73 Å². The Hall–Kier alpha value is -2.41. The van der Waals surface area contributed by atoms with E-state index < -0.39 is 11.7 Å². The Balaban J connectivity index is 1.61. The first-order valence-corrected chi connectivity index (χ1v) is 8.63. The number of rotatable bonds is 3. The Morgan fingerprint density at radius 2 is 1.85 bits per heavy atom. The molecule has 0 radical (unpaired) electrons. The van der Waals surface area contributed by atoms with Crippen LogP contribution in [0.5, 0.6) is 0 Å². The summed E-state index contributed by atoms with van der Waals surface area (Å²) in [7, 11) is 0. The maximum absolute atomic E-state index is 12.9. The average molecular weight is 364 g/mol. The van der Waals surface area contributed by atoms with E-state index in [1.54, 1.807) is 24.3 Å². The molecule has 0 spiro atoms. The Morgan fingerprint density at radius 1 is 1.08 bits per heavy atom. The quantitative estimate of drug-likeness (QED) is 0.833. The zero-order valence-electron chi connectivity index (χ0n) is 14.0. The van der Waals surface area contributed by atoms with Gasteiger partial charge < -0.3 is 15.0 Å². The monoisotopic (exact) mass is 364 g/mol. The smallest absolute Gasteiger partial charge is 0.416 e. The molecule has 1 atom stereocenters. The molecule has 4 rings (SSSR count). The molecule has 0 amide bonds. The summed E-state index contributed by atoms with van der Waals surface area (Å²) in [5.41, 5.74) is 5.52. The Bertz CT molecular complexity index is 822. The van der Waals surface area contributed by atoms with E-state index in [4.69, 9.17) is 15.0 Å². The molecule has 2 aliphatic rings. The molecule has 0 saturated heterocycles. The van der Waals surface area contributed by atoms with E-state index in [0.29, 0.717) is 23.0 Å². The van der Waals surface area contributed by atoms with Gasteiger partial charge in [0.1, 0.15) is 17.6 Å². The first kappa shape index (κ1) is 17.0. The Labute approximate surface area is 149 Å². The number of hydrogen-bond donors (Lipinski definition) is 1. The van der Waals surface area contributed by atoms with Crippen molar-refractivity contribution in [1.29, 1.82) is 0 Å². The van der Waals surface area contributed by atoms with Crippen LogP contribution in [0.4, 0.5) is 13.2 Å². The number of alkyl halides is 3. The second kappa shape index (κ2) is 6.39. The fourth-order valence-electron chi connectivity index (χ4n) is 3.62. The van der Waals surface area contributed by atoms with Gasteiger partial charge in [0.25, 0.3) is 0 Å². The van der Waals surface area contributed by atoms with Crippen LogP contribution >= 0.6 is 0 Å². The third-order valence-corrected chi connectivity index (χ3v) is 4.88. The first-order valence-electron chi connectivity index (χ1n) is 8.63. The molecule has 1 aromatic carbocycles. The molecule has 1 aliphatic carbocycles. The second-order valence-electron chi connectivity index (χ2n) is 6.68. The van der Waals surface area contributed by atoms with Gasteiger partial charge in [-0.3, -0.25) is 0 Å². The highest BCUT2D eigenvalue weighted by molar-refractivity contribution is 5.59. The van der Waals surface area contributed by atoms with Crippen LogP contribution < -0.4 is 5.73 Å². The third-order valence-electron chi connectivity index (χ3n) is 4.88. The third kappa shape index (κ3) is 3.19. The summed E-state index contributed by atoms with van der Waals surface area (Å²) < 4.78 is 44.6. The molecule has 2 heterocycles. The van der Waals surface area contributed by atoms with Crippen molar-refractivity contribution in [1.82, 2.24) is 5.06 Å². The molecular weight excluding hydrogens is 345 g/mol. The molecule has 1 aliphatic heterocycles. The highest BCUT2D eigenvalue weighted by atomic mass is 19.4. The minimum Gasteiger partial charge on any atom is -0.459 e. The highest BCUT2D eigenvalue weighted by Crippen LogP contribution is 2.39. The van der Waals surface area contributed by atoms with Gasteiger partial charge in [0.2, 0.25) is 5.88 Å². The lowest BCUT2D eigenvalue weighted by molar-refractivity contribution is -0.153. The number of halogens is 3. The SMILES string of the molecule is NC1=CC(c2ccc(-c3cccc(C(F)(F)F)c3)o2)N(C2CCCC2)O1. The largest absolute Gasteiger partial charge is 0.459 e. The number of furan rings is 1. The summed E-state index contributed by atoms with van der Waals surface area (Å²) in [5, 5.41) is 1.84. The molecule has 1 saturated carbocycles. The first-order chi connectivity index (χ1) is 12.4. The Kier molecular flexibility index (Phi) is 4.19. The molecule has 2 aromatic rings. The van der Waals surface area contributed by atoms with Crippen molar-refractivity contribution in [2.45, 2.75) is 43.9 Å². The molecule has 2 N–H and O–H groups in total. The highest BCUT2D eigenvalue weighted by Gasteiger charge is 2.37. The molecule has 0 bridgehead atoms. The minimum absolute atomic E-state index is 0.263. The van der Waals surface area contributed by atoms with Crippen LogP contribution in [0, 0.1) is 0 Å². The average Bonchev–Trinajstić information content (AvgIpc) is 3.34. The number of benzene rings is 1. The molecule has 1 unspecified atom stereocenters. The van der Waals surface area contributed by atoms with Gasteiger partial charge in [0.05, 0.1) is 5.56 Å². The van der Waals surface area contributed by atoms with Crippen LogP contribution in [0.3, 0.4) is 0 Å².